The summed E-state index contributed by atoms with van der Waals surface area (Å²) in [5, 5.41) is 0. The molecule has 1 heterocycles. The van der Waals surface area contributed by atoms with Gasteiger partial charge in [-0.1, -0.05) is 12.1 Å². The molecule has 1 atom stereocenters. The van der Waals surface area contributed by atoms with Crippen LogP contribution in [0.5, 0.6) is 11.5 Å². The van der Waals surface area contributed by atoms with E-state index in [2.05, 4.69) is 4.74 Å². The van der Waals surface area contributed by atoms with E-state index >= 15 is 0 Å². The lowest BCUT2D eigenvalue weighted by Gasteiger charge is -2.25. The van der Waals surface area contributed by atoms with Crippen LogP contribution in [0.2, 0.25) is 0 Å². The number of para-hydroxylation sites is 2. The second kappa shape index (κ2) is 4.86. The third-order valence-corrected chi connectivity index (χ3v) is 2.41. The molecule has 1 aliphatic heterocycles. The third kappa shape index (κ3) is 2.55. The molecule has 0 aliphatic carbocycles. The molecule has 5 nitrogen and oxygen atoms in total. The van der Waals surface area contributed by atoms with Crippen LogP contribution in [0.4, 0.5) is 0 Å². The van der Waals surface area contributed by atoms with Crippen molar-refractivity contribution in [2.75, 3.05) is 13.7 Å². The first-order chi connectivity index (χ1) is 8.20. The quantitative estimate of drug-likeness (QED) is 0.577. The van der Waals surface area contributed by atoms with Crippen LogP contribution in [0.25, 0.3) is 0 Å². The molecule has 0 unspecified atom stereocenters. The number of rotatable bonds is 3. The van der Waals surface area contributed by atoms with Crippen molar-refractivity contribution in [2.45, 2.75) is 12.5 Å². The Labute approximate surface area is 98.3 Å². The first-order valence-corrected chi connectivity index (χ1v) is 5.18. The minimum atomic E-state index is -0.746. The average molecular weight is 236 g/mol. The number of carbonyl (C=O) groups excluding carboxylic acids is 2. The summed E-state index contributed by atoms with van der Waals surface area (Å²) in [7, 11) is 1.24. The molecule has 0 bridgehead atoms. The van der Waals surface area contributed by atoms with E-state index in [9.17, 15) is 9.59 Å². The summed E-state index contributed by atoms with van der Waals surface area (Å²) in [6, 6.07) is 7.08. The molecule has 1 aromatic carbocycles. The Kier molecular flexibility index (Phi) is 3.27. The SMILES string of the molecule is COC(=O)CC(=O)[C@H]1COc2ccccc2O1. The van der Waals surface area contributed by atoms with E-state index in [1.165, 1.54) is 7.11 Å². The van der Waals surface area contributed by atoms with Crippen molar-refractivity contribution in [3.8, 4) is 11.5 Å². The van der Waals surface area contributed by atoms with Gasteiger partial charge in [0.2, 0.25) is 0 Å². The first-order valence-electron chi connectivity index (χ1n) is 5.18. The fourth-order valence-corrected chi connectivity index (χ4v) is 1.51. The van der Waals surface area contributed by atoms with Crippen molar-refractivity contribution in [1.82, 2.24) is 0 Å². The summed E-state index contributed by atoms with van der Waals surface area (Å²) in [6.07, 6.45) is -1.05. The van der Waals surface area contributed by atoms with Crippen molar-refractivity contribution in [2.24, 2.45) is 0 Å². The Bertz CT molecular complexity index is 440. The molecule has 0 N–H and O–H groups in total. The molecule has 1 aromatic rings. The van der Waals surface area contributed by atoms with Gasteiger partial charge in [-0.3, -0.25) is 9.59 Å². The monoisotopic (exact) mass is 236 g/mol. The highest BCUT2D eigenvalue weighted by Crippen LogP contribution is 2.31. The number of ketones is 1. The van der Waals surface area contributed by atoms with E-state index in [4.69, 9.17) is 9.47 Å². The summed E-state index contributed by atoms with van der Waals surface area (Å²) in [6.45, 7) is 0.118. The van der Waals surface area contributed by atoms with Crippen LogP contribution in [0.1, 0.15) is 6.42 Å². The summed E-state index contributed by atoms with van der Waals surface area (Å²) < 4.78 is 15.3. The number of carbonyl (C=O) groups is 2. The molecular formula is C12H12O5. The maximum absolute atomic E-state index is 11.7. The zero-order valence-corrected chi connectivity index (χ0v) is 9.34. The van der Waals surface area contributed by atoms with E-state index in [-0.39, 0.29) is 18.8 Å². The number of Topliss-reactive ketones (excluding diaryl/α,β-unsaturated/α-hetero) is 1. The lowest BCUT2D eigenvalue weighted by molar-refractivity contribution is -0.145. The molecule has 0 fully saturated rings. The second-order valence-corrected chi connectivity index (χ2v) is 3.58. The highest BCUT2D eigenvalue weighted by molar-refractivity contribution is 5.98. The van der Waals surface area contributed by atoms with Crippen LogP contribution in [-0.2, 0) is 14.3 Å². The summed E-state index contributed by atoms with van der Waals surface area (Å²) in [5.74, 6) is 0.209. The molecule has 5 heteroatoms. The highest BCUT2D eigenvalue weighted by Gasteiger charge is 2.28. The van der Waals surface area contributed by atoms with E-state index < -0.39 is 12.1 Å². The Morgan fingerprint density at radius 1 is 1.35 bits per heavy atom. The van der Waals surface area contributed by atoms with Gasteiger partial charge in [0, 0.05) is 0 Å². The van der Waals surface area contributed by atoms with Gasteiger partial charge >= 0.3 is 5.97 Å². The smallest absolute Gasteiger partial charge is 0.313 e. The fraction of sp³-hybridized carbons (Fsp3) is 0.333. The van der Waals surface area contributed by atoms with Crippen LogP contribution in [0.3, 0.4) is 0 Å². The van der Waals surface area contributed by atoms with Crippen molar-refractivity contribution in [3.05, 3.63) is 24.3 Å². The molecule has 2 rings (SSSR count). The molecule has 90 valence electrons. The number of ether oxygens (including phenoxy) is 3. The molecule has 0 radical (unpaired) electrons. The Hall–Kier alpha value is -2.04. The van der Waals surface area contributed by atoms with Crippen LogP contribution in [0, 0.1) is 0 Å². The number of hydrogen-bond acceptors (Lipinski definition) is 5. The molecule has 0 aromatic heterocycles. The molecule has 0 saturated heterocycles. The number of methoxy groups -OCH3 is 1. The predicted molar refractivity (Wildman–Crippen MR) is 58.0 cm³/mol. The summed E-state index contributed by atoms with van der Waals surface area (Å²) >= 11 is 0. The minimum absolute atomic E-state index is 0.118. The summed E-state index contributed by atoms with van der Waals surface area (Å²) in [4.78, 5) is 22.6. The molecule has 17 heavy (non-hydrogen) atoms. The van der Waals surface area contributed by atoms with Crippen molar-refractivity contribution in [3.63, 3.8) is 0 Å². The van der Waals surface area contributed by atoms with E-state index in [1.54, 1.807) is 18.2 Å². The van der Waals surface area contributed by atoms with E-state index in [0.29, 0.717) is 11.5 Å². The molecular weight excluding hydrogens is 224 g/mol. The van der Waals surface area contributed by atoms with Gasteiger partial charge in [0.1, 0.15) is 13.0 Å². The normalized spacial score (nSPS) is 17.4. The van der Waals surface area contributed by atoms with Crippen molar-refractivity contribution in [1.29, 1.82) is 0 Å². The van der Waals surface area contributed by atoms with E-state index in [1.807, 2.05) is 6.07 Å². The number of fused-ring (bicyclic) bond motifs is 1. The maximum Gasteiger partial charge on any atom is 0.313 e. The van der Waals surface area contributed by atoms with Gasteiger partial charge in [0.05, 0.1) is 7.11 Å². The Morgan fingerprint density at radius 2 is 2.06 bits per heavy atom. The number of esters is 1. The number of benzene rings is 1. The minimum Gasteiger partial charge on any atom is -0.485 e. The van der Waals surface area contributed by atoms with Gasteiger partial charge in [-0.15, -0.1) is 0 Å². The van der Waals surface area contributed by atoms with Gasteiger partial charge in [-0.25, -0.2) is 0 Å². The van der Waals surface area contributed by atoms with Gasteiger partial charge in [0.15, 0.2) is 23.4 Å². The Balaban J connectivity index is 2.02. The second-order valence-electron chi connectivity index (χ2n) is 3.58. The highest BCUT2D eigenvalue weighted by atomic mass is 16.6. The molecule has 1 aliphatic rings. The lowest BCUT2D eigenvalue weighted by atomic mass is 10.1. The Morgan fingerprint density at radius 3 is 2.76 bits per heavy atom. The van der Waals surface area contributed by atoms with Crippen LogP contribution in [-0.4, -0.2) is 31.6 Å². The third-order valence-electron chi connectivity index (χ3n) is 2.41. The lowest BCUT2D eigenvalue weighted by Crippen LogP contribution is -2.37. The molecule has 0 spiro atoms. The molecule has 0 amide bonds. The average Bonchev–Trinajstić information content (AvgIpc) is 2.38. The van der Waals surface area contributed by atoms with Gasteiger partial charge in [-0.05, 0) is 12.1 Å². The zero-order valence-electron chi connectivity index (χ0n) is 9.34. The van der Waals surface area contributed by atoms with Gasteiger partial charge in [-0.2, -0.15) is 0 Å². The molecule has 0 saturated carbocycles. The van der Waals surface area contributed by atoms with Crippen LogP contribution < -0.4 is 9.47 Å². The first kappa shape index (κ1) is 11.4. The summed E-state index contributed by atoms with van der Waals surface area (Å²) in [5.41, 5.74) is 0. The predicted octanol–water partition coefficient (Wildman–Crippen LogP) is 0.959. The fourth-order valence-electron chi connectivity index (χ4n) is 1.51. The van der Waals surface area contributed by atoms with Gasteiger partial charge in [0.25, 0.3) is 0 Å². The van der Waals surface area contributed by atoms with Crippen LogP contribution >= 0.6 is 0 Å². The van der Waals surface area contributed by atoms with Crippen molar-refractivity contribution < 1.29 is 23.8 Å². The maximum atomic E-state index is 11.7. The van der Waals surface area contributed by atoms with E-state index in [0.717, 1.165) is 0 Å². The zero-order chi connectivity index (χ0) is 12.3. The topological polar surface area (TPSA) is 61.8 Å². The standard InChI is InChI=1S/C12H12O5/c1-15-12(14)6-8(13)11-7-16-9-4-2-3-5-10(9)17-11/h2-5,11H,6-7H2,1H3/t11-/m1/s1. The number of hydrogen-bond donors (Lipinski definition) is 0. The van der Waals surface area contributed by atoms with Crippen molar-refractivity contribution >= 4 is 11.8 Å². The van der Waals surface area contributed by atoms with Crippen LogP contribution in [0.15, 0.2) is 24.3 Å². The largest absolute Gasteiger partial charge is 0.485 e. The van der Waals surface area contributed by atoms with Gasteiger partial charge < -0.3 is 14.2 Å².